The van der Waals surface area contributed by atoms with E-state index in [0.29, 0.717) is 20.4 Å². The number of hydrogen-bond acceptors (Lipinski definition) is 1. The molecule has 0 radical (unpaired) electrons. The summed E-state index contributed by atoms with van der Waals surface area (Å²) in [6.07, 6.45) is 0. The Morgan fingerprint density at radius 1 is 1.09 bits per heavy atom. The zero-order valence-electron chi connectivity index (χ0n) is 14.0. The minimum absolute atomic E-state index is 0.342. The van der Waals surface area contributed by atoms with Crippen LogP contribution in [0.5, 0.6) is 5.75 Å². The molecule has 0 heterocycles. The number of aryl methyl sites for hydroxylation is 2. The third kappa shape index (κ3) is 6.21. The first-order valence-electron chi connectivity index (χ1n) is 7.48. The maximum atomic E-state index is 10.2. The van der Waals surface area contributed by atoms with E-state index >= 15 is 0 Å². The second kappa shape index (κ2) is 10.5. The predicted octanol–water partition coefficient (Wildman–Crippen LogP) is 4.61. The van der Waals surface area contributed by atoms with Gasteiger partial charge in [0.15, 0.2) is 0 Å². The van der Waals surface area contributed by atoms with E-state index in [-0.39, 0.29) is 0 Å². The van der Waals surface area contributed by atoms with E-state index < -0.39 is 0 Å². The van der Waals surface area contributed by atoms with Crippen molar-refractivity contribution < 1.29 is 24.5 Å². The van der Waals surface area contributed by atoms with Gasteiger partial charge < -0.3 is 10.4 Å². The molecular weight excluding hydrogens is 360 g/mol. The van der Waals surface area contributed by atoms with Gasteiger partial charge in [0.1, 0.15) is 5.75 Å². The van der Waals surface area contributed by atoms with Gasteiger partial charge in [0.05, 0.1) is 0 Å². The predicted molar refractivity (Wildman–Crippen MR) is 99.7 cm³/mol. The van der Waals surface area contributed by atoms with Gasteiger partial charge >= 0.3 is 28.7 Å². The van der Waals surface area contributed by atoms with E-state index in [1.807, 2.05) is 25.1 Å². The first-order chi connectivity index (χ1) is 11.0. The van der Waals surface area contributed by atoms with Gasteiger partial charge in [-0.1, -0.05) is 64.4 Å². The first-order valence-corrected chi connectivity index (χ1v) is 10.6. The number of aromatic hydroxyl groups is 1. The molecule has 2 nitrogen and oxygen atoms in total. The quantitative estimate of drug-likeness (QED) is 0.594. The SMILES string of the molecule is Cc1cccc(Pc2c(C)cccc2C[N-]C(C)C)c1O.[Cl][Ti+]. The van der Waals surface area contributed by atoms with Crippen LogP contribution in [0.3, 0.4) is 0 Å². The van der Waals surface area contributed by atoms with Crippen LogP contribution >= 0.6 is 17.9 Å². The van der Waals surface area contributed by atoms with E-state index in [1.54, 1.807) is 0 Å². The van der Waals surface area contributed by atoms with E-state index in [0.717, 1.165) is 17.4 Å². The summed E-state index contributed by atoms with van der Waals surface area (Å²) in [4.78, 5) is 0. The average Bonchev–Trinajstić information content (AvgIpc) is 2.54. The van der Waals surface area contributed by atoms with Gasteiger partial charge in [-0.05, 0) is 30.3 Å². The second-order valence-corrected chi connectivity index (χ2v) is 6.93. The molecule has 5 heteroatoms. The van der Waals surface area contributed by atoms with E-state index in [2.05, 4.69) is 53.6 Å². The Hall–Kier alpha value is -0.366. The van der Waals surface area contributed by atoms with Crippen molar-refractivity contribution in [1.29, 1.82) is 0 Å². The summed E-state index contributed by atoms with van der Waals surface area (Å²) in [5, 5.41) is 17.2. The summed E-state index contributed by atoms with van der Waals surface area (Å²) in [5.41, 5.74) is 3.47. The molecule has 1 atom stereocenters. The van der Waals surface area contributed by atoms with Gasteiger partial charge in [0.25, 0.3) is 0 Å². The van der Waals surface area contributed by atoms with Crippen LogP contribution in [0.1, 0.15) is 30.5 Å². The van der Waals surface area contributed by atoms with Crippen molar-refractivity contribution in [2.75, 3.05) is 0 Å². The van der Waals surface area contributed by atoms with Crippen molar-refractivity contribution in [2.45, 2.75) is 40.3 Å². The van der Waals surface area contributed by atoms with Gasteiger partial charge in [-0.2, -0.15) is 0 Å². The molecule has 1 unspecified atom stereocenters. The molecule has 0 amide bonds. The summed E-state index contributed by atoms with van der Waals surface area (Å²) in [6, 6.07) is 12.7. The van der Waals surface area contributed by atoms with E-state index in [9.17, 15) is 5.11 Å². The Labute approximate surface area is 157 Å². The number of phenolic OH excluding ortho intramolecular Hbond substituents is 1. The van der Waals surface area contributed by atoms with Crippen LogP contribution in [0.15, 0.2) is 36.4 Å². The summed E-state index contributed by atoms with van der Waals surface area (Å²) in [5.74, 6) is 0.422. The maximum absolute atomic E-state index is 10.2. The Morgan fingerprint density at radius 3 is 2.35 bits per heavy atom. The molecule has 0 spiro atoms. The zero-order chi connectivity index (χ0) is 17.4. The third-order valence-corrected chi connectivity index (χ3v) is 5.12. The number of benzene rings is 2. The number of phenols is 1. The molecule has 0 saturated heterocycles. The van der Waals surface area contributed by atoms with Crippen molar-refractivity contribution in [3.63, 3.8) is 0 Å². The number of nitrogens with zero attached hydrogens (tertiary/aromatic N) is 1. The fourth-order valence-corrected chi connectivity index (χ4v) is 3.58. The van der Waals surface area contributed by atoms with Gasteiger partial charge in [-0.25, -0.2) is 0 Å². The molecule has 23 heavy (non-hydrogen) atoms. The molecule has 2 rings (SSSR count). The topological polar surface area (TPSA) is 34.3 Å². The number of rotatable bonds is 5. The van der Waals surface area contributed by atoms with Crippen LogP contribution in [0, 0.1) is 13.8 Å². The molecule has 0 aliphatic carbocycles. The van der Waals surface area contributed by atoms with Gasteiger partial charge in [0.2, 0.25) is 0 Å². The Bertz CT molecular complexity index is 634. The van der Waals surface area contributed by atoms with Crippen LogP contribution in [0.25, 0.3) is 5.32 Å². The van der Waals surface area contributed by atoms with Crippen LogP contribution < -0.4 is 10.6 Å². The Balaban J connectivity index is 0.00000127. The molecule has 0 aliphatic rings. The molecule has 0 saturated carbocycles. The van der Waals surface area contributed by atoms with Gasteiger partial charge in [-0.3, -0.25) is 0 Å². The molecule has 0 fully saturated rings. The number of halogens is 1. The third-order valence-electron chi connectivity index (χ3n) is 3.48. The molecule has 1 N–H and O–H groups in total. The van der Waals surface area contributed by atoms with Crippen molar-refractivity contribution >= 4 is 28.5 Å². The summed E-state index contributed by atoms with van der Waals surface area (Å²) in [6.45, 7) is 9.02. The summed E-state index contributed by atoms with van der Waals surface area (Å²) < 4.78 is 0. The average molecular weight is 384 g/mol. The monoisotopic (exact) mass is 383 g/mol. The molecular formula is C18H23ClNOPTi. The van der Waals surface area contributed by atoms with Crippen LogP contribution in [0.2, 0.25) is 0 Å². The fourth-order valence-electron chi connectivity index (χ4n) is 2.21. The van der Waals surface area contributed by atoms with Crippen molar-refractivity contribution in [1.82, 2.24) is 0 Å². The second-order valence-electron chi connectivity index (χ2n) is 5.64. The zero-order valence-corrected chi connectivity index (χ0v) is 17.3. The molecule has 0 bridgehead atoms. The number of hydrogen-bond donors (Lipinski definition) is 1. The summed E-state index contributed by atoms with van der Waals surface area (Å²) >= 11 is 1.47. The Morgan fingerprint density at radius 2 is 1.70 bits per heavy atom. The van der Waals surface area contributed by atoms with Crippen LogP contribution in [-0.4, -0.2) is 11.1 Å². The normalized spacial score (nSPS) is 10.8. The van der Waals surface area contributed by atoms with E-state index in [1.165, 1.54) is 35.8 Å². The first kappa shape index (κ1) is 20.7. The van der Waals surface area contributed by atoms with Crippen molar-refractivity contribution in [2.24, 2.45) is 0 Å². The van der Waals surface area contributed by atoms with Crippen molar-refractivity contribution in [3.05, 3.63) is 58.4 Å². The Kier molecular flexibility index (Phi) is 9.43. The number of para-hydroxylation sites is 1. The van der Waals surface area contributed by atoms with Crippen molar-refractivity contribution in [3.8, 4) is 5.75 Å². The molecule has 122 valence electrons. The van der Waals surface area contributed by atoms with Gasteiger partial charge in [0, 0.05) is 5.30 Å². The minimum atomic E-state index is 0.342. The standard InChI is InChI=1S/C18H23NOP.ClH.Ti/c1-12(2)19-11-15-9-5-8-14(4)18(15)21-16-10-6-7-13(3)17(16)20;;/h5-10,12,20-21H,11H2,1-4H3;1H;/q-1;;+2/p-1. The summed E-state index contributed by atoms with van der Waals surface area (Å²) in [7, 11) is 5.10. The molecule has 0 aromatic heterocycles. The van der Waals surface area contributed by atoms with E-state index in [4.69, 9.17) is 0 Å². The molecule has 0 aliphatic heterocycles. The molecule has 2 aromatic carbocycles. The van der Waals surface area contributed by atoms with Crippen LogP contribution in [-0.2, 0) is 25.9 Å². The fraction of sp³-hybridized carbons (Fsp3) is 0.333. The molecule has 2 aromatic rings. The van der Waals surface area contributed by atoms with Gasteiger partial charge in [-0.15, -0.1) is 12.6 Å². The van der Waals surface area contributed by atoms with Crippen LogP contribution in [0.4, 0.5) is 0 Å².